The average molecular weight is 333 g/mol. The molecule has 0 spiro atoms. The van der Waals surface area contributed by atoms with Crippen LogP contribution in [0.15, 0.2) is 24.3 Å². The molecule has 0 bridgehead atoms. The Hall–Kier alpha value is -0.933. The molecule has 0 amide bonds. The van der Waals surface area contributed by atoms with Crippen molar-refractivity contribution >= 4 is 14.6 Å². The van der Waals surface area contributed by atoms with Crippen molar-refractivity contribution in [3.05, 3.63) is 35.4 Å². The maximum atomic E-state index is 10.9. The number of aldehydes is 1. The van der Waals surface area contributed by atoms with E-state index in [9.17, 15) is 4.79 Å². The van der Waals surface area contributed by atoms with Crippen LogP contribution in [-0.2, 0) is 4.43 Å². The van der Waals surface area contributed by atoms with Gasteiger partial charge >= 0.3 is 0 Å². The number of hydrogen-bond donors (Lipinski definition) is 0. The zero-order valence-electron chi connectivity index (χ0n) is 15.4. The molecule has 1 aliphatic carbocycles. The first-order valence-electron chi connectivity index (χ1n) is 8.97. The molecule has 1 saturated carbocycles. The van der Waals surface area contributed by atoms with Crippen LogP contribution < -0.4 is 0 Å². The van der Waals surface area contributed by atoms with Crippen molar-refractivity contribution in [2.45, 2.75) is 77.1 Å². The SMILES string of the molecule is CC(C)(C)[Si](C)(C)O[C@@H](c1ccc(C=O)cc1)C1CCCCC1. The Labute approximate surface area is 142 Å². The minimum atomic E-state index is -1.83. The maximum Gasteiger partial charge on any atom is 0.192 e. The fraction of sp³-hybridized carbons (Fsp3) is 0.650. The summed E-state index contributed by atoms with van der Waals surface area (Å²) >= 11 is 0. The molecule has 2 nitrogen and oxygen atoms in total. The normalized spacial score (nSPS) is 18.7. The molecule has 23 heavy (non-hydrogen) atoms. The summed E-state index contributed by atoms with van der Waals surface area (Å²) in [6.45, 7) is 11.6. The fourth-order valence-corrected chi connectivity index (χ4v) is 4.45. The number of benzene rings is 1. The molecule has 3 heteroatoms. The van der Waals surface area contributed by atoms with E-state index in [-0.39, 0.29) is 11.1 Å². The van der Waals surface area contributed by atoms with E-state index in [0.29, 0.717) is 5.92 Å². The van der Waals surface area contributed by atoms with Crippen LogP contribution in [0.1, 0.15) is 74.9 Å². The molecule has 0 aromatic heterocycles. The lowest BCUT2D eigenvalue weighted by Crippen LogP contribution is -2.43. The fourth-order valence-electron chi connectivity index (χ4n) is 3.13. The molecule has 0 radical (unpaired) electrons. The lowest BCUT2D eigenvalue weighted by atomic mass is 9.82. The molecule has 0 unspecified atom stereocenters. The van der Waals surface area contributed by atoms with E-state index in [1.165, 1.54) is 37.7 Å². The van der Waals surface area contributed by atoms with E-state index < -0.39 is 8.32 Å². The van der Waals surface area contributed by atoms with Crippen LogP contribution in [0, 0.1) is 5.92 Å². The van der Waals surface area contributed by atoms with Crippen molar-refractivity contribution in [3.63, 3.8) is 0 Å². The summed E-state index contributed by atoms with van der Waals surface area (Å²) in [5.41, 5.74) is 1.98. The first-order valence-corrected chi connectivity index (χ1v) is 11.9. The van der Waals surface area contributed by atoms with Gasteiger partial charge in [0.15, 0.2) is 8.32 Å². The smallest absolute Gasteiger partial charge is 0.192 e. The van der Waals surface area contributed by atoms with E-state index in [0.717, 1.165) is 11.8 Å². The van der Waals surface area contributed by atoms with Gasteiger partial charge in [-0.05, 0) is 42.5 Å². The van der Waals surface area contributed by atoms with Crippen molar-refractivity contribution in [2.75, 3.05) is 0 Å². The topological polar surface area (TPSA) is 26.3 Å². The quantitative estimate of drug-likeness (QED) is 0.478. The molecule has 0 aliphatic heterocycles. The van der Waals surface area contributed by atoms with Gasteiger partial charge in [-0.1, -0.05) is 64.3 Å². The van der Waals surface area contributed by atoms with Gasteiger partial charge in [-0.15, -0.1) is 0 Å². The van der Waals surface area contributed by atoms with Gasteiger partial charge in [0.05, 0.1) is 6.10 Å². The summed E-state index contributed by atoms with van der Waals surface area (Å²) < 4.78 is 6.85. The maximum absolute atomic E-state index is 10.9. The van der Waals surface area contributed by atoms with Crippen LogP contribution in [0.25, 0.3) is 0 Å². The zero-order chi connectivity index (χ0) is 17.1. The molecule has 1 aromatic carbocycles. The highest BCUT2D eigenvalue weighted by Crippen LogP contribution is 2.44. The second kappa shape index (κ2) is 7.31. The van der Waals surface area contributed by atoms with Crippen LogP contribution >= 0.6 is 0 Å². The minimum absolute atomic E-state index is 0.178. The van der Waals surface area contributed by atoms with Crippen LogP contribution in [0.5, 0.6) is 0 Å². The third kappa shape index (κ3) is 4.54. The predicted octanol–water partition coefficient (Wildman–Crippen LogP) is 6.14. The minimum Gasteiger partial charge on any atom is -0.410 e. The summed E-state index contributed by atoms with van der Waals surface area (Å²) in [5, 5.41) is 0.211. The molecule has 1 atom stereocenters. The Balaban J connectivity index is 2.28. The van der Waals surface area contributed by atoms with Crippen LogP contribution in [0.4, 0.5) is 0 Å². The molecule has 0 heterocycles. The van der Waals surface area contributed by atoms with E-state index in [4.69, 9.17) is 4.43 Å². The van der Waals surface area contributed by atoms with E-state index in [1.54, 1.807) is 0 Å². The highest BCUT2D eigenvalue weighted by atomic mass is 28.4. The third-order valence-corrected chi connectivity index (χ3v) is 10.2. The lowest BCUT2D eigenvalue weighted by Gasteiger charge is -2.42. The monoisotopic (exact) mass is 332 g/mol. The van der Waals surface area contributed by atoms with Crippen molar-refractivity contribution in [2.24, 2.45) is 5.92 Å². The van der Waals surface area contributed by atoms with E-state index in [2.05, 4.69) is 46.0 Å². The summed E-state index contributed by atoms with van der Waals surface area (Å²) in [5.74, 6) is 0.611. The van der Waals surface area contributed by atoms with Gasteiger partial charge in [0.25, 0.3) is 0 Å². The number of carbonyl (C=O) groups excluding carboxylic acids is 1. The molecular formula is C20H32O2Si. The Kier molecular flexibility index (Phi) is 5.85. The Bertz CT molecular complexity index is 507. The zero-order valence-corrected chi connectivity index (χ0v) is 16.4. The molecule has 0 N–H and O–H groups in total. The van der Waals surface area contributed by atoms with Crippen molar-refractivity contribution in [1.82, 2.24) is 0 Å². The van der Waals surface area contributed by atoms with Crippen molar-refractivity contribution < 1.29 is 9.22 Å². The number of carbonyl (C=O) groups is 1. The Morgan fingerprint density at radius 2 is 1.65 bits per heavy atom. The highest BCUT2D eigenvalue weighted by Gasteiger charge is 2.41. The summed E-state index contributed by atoms with van der Waals surface area (Å²) in [7, 11) is -1.83. The van der Waals surface area contributed by atoms with Gasteiger partial charge in [0, 0.05) is 5.56 Å². The van der Waals surface area contributed by atoms with Gasteiger partial charge in [-0.25, -0.2) is 0 Å². The molecule has 2 rings (SSSR count). The van der Waals surface area contributed by atoms with Crippen LogP contribution in [0.3, 0.4) is 0 Å². The van der Waals surface area contributed by atoms with Gasteiger partial charge in [-0.3, -0.25) is 4.79 Å². The molecule has 128 valence electrons. The predicted molar refractivity (Wildman–Crippen MR) is 99.4 cm³/mol. The number of hydrogen-bond acceptors (Lipinski definition) is 2. The van der Waals surface area contributed by atoms with Gasteiger partial charge in [-0.2, -0.15) is 0 Å². The third-order valence-electron chi connectivity index (χ3n) is 5.71. The standard InChI is InChI=1S/C20H32O2Si/c1-20(2,3)23(4,5)22-19(17-9-7-6-8-10-17)18-13-11-16(15-21)12-14-18/h11-15,17,19H,6-10H2,1-5H3/t19-/m1/s1. The second-order valence-corrected chi connectivity index (χ2v) is 13.2. The summed E-state index contributed by atoms with van der Waals surface area (Å²) in [6, 6.07) is 8.03. The molecule has 1 aromatic rings. The van der Waals surface area contributed by atoms with Crippen LogP contribution in [0.2, 0.25) is 18.1 Å². The highest BCUT2D eigenvalue weighted by molar-refractivity contribution is 6.74. The van der Waals surface area contributed by atoms with Crippen molar-refractivity contribution in [3.8, 4) is 0 Å². The van der Waals surface area contributed by atoms with Gasteiger partial charge in [0.1, 0.15) is 6.29 Å². The molecule has 0 saturated heterocycles. The average Bonchev–Trinajstić information content (AvgIpc) is 2.52. The van der Waals surface area contributed by atoms with E-state index >= 15 is 0 Å². The lowest BCUT2D eigenvalue weighted by molar-refractivity contribution is 0.0936. The Morgan fingerprint density at radius 3 is 2.13 bits per heavy atom. The van der Waals surface area contributed by atoms with Crippen LogP contribution in [-0.4, -0.2) is 14.6 Å². The first-order chi connectivity index (χ1) is 10.7. The van der Waals surface area contributed by atoms with Gasteiger partial charge < -0.3 is 4.43 Å². The molecule has 1 aliphatic rings. The first kappa shape index (κ1) is 18.4. The number of rotatable bonds is 5. The summed E-state index contributed by atoms with van der Waals surface area (Å²) in [6.07, 6.45) is 7.59. The summed E-state index contributed by atoms with van der Waals surface area (Å²) in [4.78, 5) is 10.9. The molecular weight excluding hydrogens is 300 g/mol. The largest absolute Gasteiger partial charge is 0.410 e. The Morgan fingerprint density at radius 1 is 1.09 bits per heavy atom. The second-order valence-electron chi connectivity index (χ2n) is 8.48. The molecule has 1 fully saturated rings. The van der Waals surface area contributed by atoms with Gasteiger partial charge in [0.2, 0.25) is 0 Å². The van der Waals surface area contributed by atoms with E-state index in [1.807, 2.05) is 12.1 Å². The van der Waals surface area contributed by atoms with Crippen molar-refractivity contribution in [1.29, 1.82) is 0 Å².